The number of hydrogen-bond acceptors (Lipinski definition) is 4. The summed E-state index contributed by atoms with van der Waals surface area (Å²) in [5.41, 5.74) is 7.23. The molecule has 0 spiro atoms. The first-order valence-electron chi connectivity index (χ1n) is 8.46. The van der Waals surface area contributed by atoms with Crippen molar-refractivity contribution in [1.29, 1.82) is 0 Å². The van der Waals surface area contributed by atoms with E-state index in [1.165, 1.54) is 0 Å². The van der Waals surface area contributed by atoms with Crippen molar-refractivity contribution in [2.45, 2.75) is 19.4 Å². The molecule has 8 heteroatoms. The van der Waals surface area contributed by atoms with E-state index in [4.69, 9.17) is 28.9 Å². The number of nitrogens with two attached hydrogens (primary N) is 1. The van der Waals surface area contributed by atoms with Crippen molar-refractivity contribution in [3.8, 4) is 11.3 Å². The zero-order valence-corrected chi connectivity index (χ0v) is 16.6. The number of carbonyl (C=O) groups excluding carboxylic acids is 1. The summed E-state index contributed by atoms with van der Waals surface area (Å²) in [5.74, 6) is -0.663. The summed E-state index contributed by atoms with van der Waals surface area (Å²) >= 11 is 12.7. The Hall–Kier alpha value is -2.67. The molecule has 6 nitrogen and oxygen atoms in total. The highest BCUT2D eigenvalue weighted by Gasteiger charge is 2.24. The van der Waals surface area contributed by atoms with E-state index in [2.05, 4.69) is 9.97 Å². The molecule has 28 heavy (non-hydrogen) atoms. The Morgan fingerprint density at radius 1 is 1.21 bits per heavy atom. The molecule has 4 aromatic rings. The topological polar surface area (TPSA) is 93.5 Å². The smallest absolute Gasteiger partial charge is 0.268 e. The lowest BCUT2D eigenvalue weighted by atomic mass is 9.99. The molecule has 142 valence electrons. The van der Waals surface area contributed by atoms with Gasteiger partial charge in [-0.3, -0.25) is 14.2 Å². The number of hydrogen-bond donors (Lipinski definition) is 2. The van der Waals surface area contributed by atoms with Crippen molar-refractivity contribution >= 4 is 45.7 Å². The van der Waals surface area contributed by atoms with Gasteiger partial charge >= 0.3 is 0 Å². The summed E-state index contributed by atoms with van der Waals surface area (Å²) < 4.78 is 1.59. The molecule has 4 rings (SSSR count). The number of nitrogens with zero attached hydrogens (tertiary/aromatic N) is 3. The molecule has 0 saturated heterocycles. The largest absolute Gasteiger partial charge is 0.386 e. The Bertz CT molecular complexity index is 1240. The van der Waals surface area contributed by atoms with Gasteiger partial charge in [0.1, 0.15) is 17.0 Å². The Labute approximate surface area is 170 Å². The molecule has 0 unspecified atom stereocenters. The molecular formula is C20H16Cl2N4O2. The minimum Gasteiger partial charge on any atom is -0.386 e. The minimum atomic E-state index is -1.08. The molecule has 1 aromatic carbocycles. The number of pyridine rings is 2. The predicted molar refractivity (Wildman–Crippen MR) is 110 cm³/mol. The molecule has 0 aliphatic carbocycles. The number of halogens is 2. The van der Waals surface area contributed by atoms with Crippen LogP contribution >= 0.6 is 23.2 Å². The van der Waals surface area contributed by atoms with Gasteiger partial charge in [-0.15, -0.1) is 0 Å². The highest BCUT2D eigenvalue weighted by atomic mass is 35.5. The van der Waals surface area contributed by atoms with Gasteiger partial charge in [-0.05, 0) is 38.1 Å². The second kappa shape index (κ2) is 6.44. The third kappa shape index (κ3) is 2.90. The van der Waals surface area contributed by atoms with E-state index in [1.54, 1.807) is 61.0 Å². The van der Waals surface area contributed by atoms with Gasteiger partial charge in [0.05, 0.1) is 21.2 Å². The van der Waals surface area contributed by atoms with Gasteiger partial charge in [0.2, 0.25) is 0 Å². The zero-order chi connectivity index (χ0) is 20.2. The molecule has 0 atom stereocenters. The van der Waals surface area contributed by atoms with Crippen LogP contribution in [-0.4, -0.2) is 25.4 Å². The van der Waals surface area contributed by atoms with Crippen LogP contribution in [0.15, 0.2) is 42.7 Å². The van der Waals surface area contributed by atoms with Crippen LogP contribution < -0.4 is 5.73 Å². The van der Waals surface area contributed by atoms with E-state index < -0.39 is 11.5 Å². The van der Waals surface area contributed by atoms with Gasteiger partial charge in [0.15, 0.2) is 0 Å². The SMILES string of the molecule is CC(C)(O)c1cnc2ccn3c(C(N)=O)c(-c4c(Cl)cccc4Cl)nc3c2c1. The van der Waals surface area contributed by atoms with E-state index in [0.29, 0.717) is 43.4 Å². The number of benzene rings is 1. The van der Waals surface area contributed by atoms with Gasteiger partial charge in [-0.1, -0.05) is 29.3 Å². The van der Waals surface area contributed by atoms with Gasteiger partial charge in [0, 0.05) is 28.9 Å². The lowest BCUT2D eigenvalue weighted by Crippen LogP contribution is -2.16. The quantitative estimate of drug-likeness (QED) is 0.525. The number of aromatic nitrogens is 3. The second-order valence-electron chi connectivity index (χ2n) is 7.00. The summed E-state index contributed by atoms with van der Waals surface area (Å²) in [6.45, 7) is 3.34. The lowest BCUT2D eigenvalue weighted by Gasteiger charge is -2.17. The summed E-state index contributed by atoms with van der Waals surface area (Å²) in [5, 5.41) is 11.7. The summed E-state index contributed by atoms with van der Waals surface area (Å²) in [6, 6.07) is 8.60. The summed E-state index contributed by atoms with van der Waals surface area (Å²) in [6.07, 6.45) is 3.29. The number of rotatable bonds is 3. The van der Waals surface area contributed by atoms with E-state index >= 15 is 0 Å². The van der Waals surface area contributed by atoms with Crippen LogP contribution in [0.4, 0.5) is 0 Å². The van der Waals surface area contributed by atoms with E-state index in [9.17, 15) is 9.90 Å². The highest BCUT2D eigenvalue weighted by Crippen LogP contribution is 2.37. The second-order valence-corrected chi connectivity index (χ2v) is 7.81. The van der Waals surface area contributed by atoms with Gasteiger partial charge < -0.3 is 10.8 Å². The van der Waals surface area contributed by atoms with Crippen molar-refractivity contribution in [2.24, 2.45) is 5.73 Å². The maximum atomic E-state index is 12.3. The van der Waals surface area contributed by atoms with Crippen LogP contribution in [0, 0.1) is 0 Å². The minimum absolute atomic E-state index is 0.167. The molecule has 0 saturated carbocycles. The molecule has 0 radical (unpaired) electrons. The van der Waals surface area contributed by atoms with Crippen LogP contribution in [0.5, 0.6) is 0 Å². The monoisotopic (exact) mass is 414 g/mol. The lowest BCUT2D eigenvalue weighted by molar-refractivity contribution is 0.0784. The molecular weight excluding hydrogens is 399 g/mol. The Morgan fingerprint density at radius 3 is 2.50 bits per heavy atom. The molecule has 0 bridgehead atoms. The van der Waals surface area contributed by atoms with Crippen LogP contribution in [-0.2, 0) is 5.60 Å². The van der Waals surface area contributed by atoms with Crippen LogP contribution in [0.1, 0.15) is 29.9 Å². The Morgan fingerprint density at radius 2 is 1.89 bits per heavy atom. The van der Waals surface area contributed by atoms with Crippen LogP contribution in [0.25, 0.3) is 27.8 Å². The number of fused-ring (bicyclic) bond motifs is 3. The fourth-order valence-electron chi connectivity index (χ4n) is 3.17. The Kier molecular flexibility index (Phi) is 4.30. The first-order chi connectivity index (χ1) is 13.2. The van der Waals surface area contributed by atoms with Crippen molar-refractivity contribution in [2.75, 3.05) is 0 Å². The molecule has 3 aromatic heterocycles. The van der Waals surface area contributed by atoms with Gasteiger partial charge in [-0.2, -0.15) is 0 Å². The van der Waals surface area contributed by atoms with Crippen molar-refractivity contribution < 1.29 is 9.90 Å². The maximum absolute atomic E-state index is 12.3. The standard InChI is InChI=1S/C20H16Cl2N4O2/c1-20(2,28)10-8-11-14(24-9-10)6-7-26-17(18(23)27)16(25-19(11)26)15-12(21)4-3-5-13(15)22/h3-9,28H,1-2H3,(H2,23,27). The number of imidazole rings is 1. The van der Waals surface area contributed by atoms with E-state index in [1.807, 2.05) is 0 Å². The molecule has 3 heterocycles. The summed E-state index contributed by atoms with van der Waals surface area (Å²) in [7, 11) is 0. The highest BCUT2D eigenvalue weighted by molar-refractivity contribution is 6.39. The van der Waals surface area contributed by atoms with Crippen molar-refractivity contribution in [3.63, 3.8) is 0 Å². The van der Waals surface area contributed by atoms with E-state index in [-0.39, 0.29) is 5.69 Å². The van der Waals surface area contributed by atoms with Crippen LogP contribution in [0.3, 0.4) is 0 Å². The molecule has 1 amide bonds. The third-order valence-electron chi connectivity index (χ3n) is 4.59. The molecule has 0 fully saturated rings. The Balaban J connectivity index is 2.14. The zero-order valence-electron chi connectivity index (χ0n) is 15.1. The number of aliphatic hydroxyl groups is 1. The first kappa shape index (κ1) is 18.7. The fourth-order valence-corrected chi connectivity index (χ4v) is 3.75. The van der Waals surface area contributed by atoms with Crippen molar-refractivity contribution in [1.82, 2.24) is 14.4 Å². The van der Waals surface area contributed by atoms with E-state index in [0.717, 1.165) is 0 Å². The molecule has 0 aliphatic heterocycles. The molecule has 3 N–H and O–H groups in total. The number of amides is 1. The normalized spacial score (nSPS) is 12.0. The number of carbonyl (C=O) groups is 1. The predicted octanol–water partition coefficient (Wildman–Crippen LogP) is 4.18. The van der Waals surface area contributed by atoms with Crippen LogP contribution in [0.2, 0.25) is 10.0 Å². The van der Waals surface area contributed by atoms with Gasteiger partial charge in [0.25, 0.3) is 5.91 Å². The fraction of sp³-hybridized carbons (Fsp3) is 0.150. The summed E-state index contributed by atoms with van der Waals surface area (Å²) in [4.78, 5) is 21.3. The number of primary amides is 1. The van der Waals surface area contributed by atoms with Gasteiger partial charge in [-0.25, -0.2) is 4.98 Å². The average molecular weight is 415 g/mol. The van der Waals surface area contributed by atoms with Crippen molar-refractivity contribution in [3.05, 3.63) is 64.0 Å². The molecule has 0 aliphatic rings. The third-order valence-corrected chi connectivity index (χ3v) is 5.22. The first-order valence-corrected chi connectivity index (χ1v) is 9.22. The maximum Gasteiger partial charge on any atom is 0.268 e. The average Bonchev–Trinajstić information content (AvgIpc) is 3.00.